The molecule has 0 fully saturated rings. The second-order valence-electron chi connectivity index (χ2n) is 8.03. The number of aliphatic hydroxyl groups excluding tert-OH is 1. The predicted molar refractivity (Wildman–Crippen MR) is 124 cm³/mol. The van der Waals surface area contributed by atoms with Crippen LogP contribution in [0.5, 0.6) is 5.75 Å². The highest BCUT2D eigenvalue weighted by molar-refractivity contribution is 6.20. The average Bonchev–Trinajstić information content (AvgIpc) is 3.54. The van der Waals surface area contributed by atoms with E-state index in [1.165, 1.54) is 4.90 Å². The van der Waals surface area contributed by atoms with Gasteiger partial charge in [0.05, 0.1) is 18.2 Å². The van der Waals surface area contributed by atoms with Gasteiger partial charge >= 0.3 is 0 Å². The maximum Gasteiger partial charge on any atom is 0.295 e. The van der Waals surface area contributed by atoms with Gasteiger partial charge in [-0.05, 0) is 43.2 Å². The Hall–Kier alpha value is -4.33. The Morgan fingerprint density at radius 3 is 2.71 bits per heavy atom. The zero-order chi connectivity index (χ0) is 23.8. The summed E-state index contributed by atoms with van der Waals surface area (Å²) in [7, 11) is 0. The van der Waals surface area contributed by atoms with E-state index in [2.05, 4.69) is 5.16 Å². The fourth-order valence-corrected chi connectivity index (χ4v) is 4.08. The maximum atomic E-state index is 13.6. The number of amides is 1. The van der Waals surface area contributed by atoms with Crippen LogP contribution in [0.15, 0.2) is 80.9 Å². The molecule has 2 aromatic heterocycles. The predicted octanol–water partition coefficient (Wildman–Crippen LogP) is 5.30. The summed E-state index contributed by atoms with van der Waals surface area (Å²) >= 11 is 0. The van der Waals surface area contributed by atoms with Crippen molar-refractivity contribution >= 4 is 28.5 Å². The molecule has 1 aliphatic heterocycles. The van der Waals surface area contributed by atoms with Crippen LogP contribution in [0, 0.1) is 6.92 Å². The third-order valence-electron chi connectivity index (χ3n) is 5.61. The molecule has 2 aromatic carbocycles. The van der Waals surface area contributed by atoms with E-state index in [4.69, 9.17) is 13.7 Å². The second kappa shape index (κ2) is 8.55. The van der Waals surface area contributed by atoms with E-state index in [0.29, 0.717) is 29.3 Å². The van der Waals surface area contributed by atoms with E-state index in [-0.39, 0.29) is 17.2 Å². The highest BCUT2D eigenvalue weighted by Gasteiger charge is 2.46. The fraction of sp³-hybridized carbons (Fsp3) is 0.192. The molecule has 8 heteroatoms. The van der Waals surface area contributed by atoms with Crippen molar-refractivity contribution < 1.29 is 28.4 Å². The number of furan rings is 1. The second-order valence-corrected chi connectivity index (χ2v) is 8.03. The molecule has 1 N–H and O–H groups in total. The van der Waals surface area contributed by atoms with E-state index in [0.717, 1.165) is 11.8 Å². The van der Waals surface area contributed by atoms with Gasteiger partial charge < -0.3 is 18.8 Å². The van der Waals surface area contributed by atoms with Crippen LogP contribution in [0.1, 0.15) is 41.3 Å². The van der Waals surface area contributed by atoms with Gasteiger partial charge in [0.2, 0.25) is 5.78 Å². The molecule has 0 saturated carbocycles. The number of hydrogen-bond donors (Lipinski definition) is 1. The van der Waals surface area contributed by atoms with Crippen molar-refractivity contribution in [1.29, 1.82) is 0 Å². The number of carbonyl (C=O) groups excluding carboxylic acids is 2. The number of ether oxygens (including phenoxy) is 1. The first kappa shape index (κ1) is 21.5. The van der Waals surface area contributed by atoms with E-state index in [9.17, 15) is 14.7 Å². The molecule has 0 saturated heterocycles. The van der Waals surface area contributed by atoms with Crippen LogP contribution in [0.4, 0.5) is 5.82 Å². The van der Waals surface area contributed by atoms with Crippen LogP contribution in [-0.4, -0.2) is 28.6 Å². The molecule has 0 aliphatic carbocycles. The Bertz CT molecular complexity index is 1400. The first-order chi connectivity index (χ1) is 16.5. The van der Waals surface area contributed by atoms with Crippen LogP contribution in [-0.2, 0) is 4.79 Å². The third kappa shape index (κ3) is 3.63. The third-order valence-corrected chi connectivity index (χ3v) is 5.61. The topological polar surface area (TPSA) is 106 Å². The SMILES string of the molecule is CCCOc1cccc([C@H]2C(C(=O)c3cc4ccccc4o3)=C(O)C(=O)N2c2cc(C)on2)c1. The van der Waals surface area contributed by atoms with Gasteiger partial charge in [0.15, 0.2) is 17.3 Å². The molecule has 0 unspecified atom stereocenters. The van der Waals surface area contributed by atoms with Crippen molar-refractivity contribution in [3.8, 4) is 5.75 Å². The van der Waals surface area contributed by atoms with Gasteiger partial charge in [-0.15, -0.1) is 0 Å². The molecule has 3 heterocycles. The number of fused-ring (bicyclic) bond motifs is 1. The van der Waals surface area contributed by atoms with Crippen molar-refractivity contribution in [2.45, 2.75) is 26.3 Å². The summed E-state index contributed by atoms with van der Waals surface area (Å²) in [5.74, 6) is -0.713. The van der Waals surface area contributed by atoms with Gasteiger partial charge in [-0.3, -0.25) is 14.5 Å². The van der Waals surface area contributed by atoms with Crippen LogP contribution in [0.3, 0.4) is 0 Å². The number of anilines is 1. The Morgan fingerprint density at radius 2 is 1.97 bits per heavy atom. The Morgan fingerprint density at radius 1 is 1.15 bits per heavy atom. The van der Waals surface area contributed by atoms with Gasteiger partial charge in [-0.1, -0.05) is 42.4 Å². The summed E-state index contributed by atoms with van der Waals surface area (Å²) in [4.78, 5) is 28.1. The zero-order valence-electron chi connectivity index (χ0n) is 18.6. The van der Waals surface area contributed by atoms with Crippen molar-refractivity contribution in [1.82, 2.24) is 5.16 Å². The fourth-order valence-electron chi connectivity index (χ4n) is 4.08. The van der Waals surface area contributed by atoms with E-state index < -0.39 is 23.5 Å². The van der Waals surface area contributed by atoms with Gasteiger partial charge in [0, 0.05) is 11.5 Å². The molecule has 0 radical (unpaired) electrons. The van der Waals surface area contributed by atoms with Crippen molar-refractivity contribution in [3.63, 3.8) is 0 Å². The normalized spacial score (nSPS) is 16.0. The number of carbonyl (C=O) groups is 2. The molecular weight excluding hydrogens is 436 g/mol. The van der Waals surface area contributed by atoms with Crippen LogP contribution in [0.25, 0.3) is 11.0 Å². The van der Waals surface area contributed by atoms with E-state index >= 15 is 0 Å². The number of aliphatic hydroxyl groups is 1. The van der Waals surface area contributed by atoms with Gasteiger partial charge in [-0.25, -0.2) is 0 Å². The molecule has 1 atom stereocenters. The Labute approximate surface area is 195 Å². The monoisotopic (exact) mass is 458 g/mol. The Balaban J connectivity index is 1.63. The van der Waals surface area contributed by atoms with E-state index in [1.807, 2.05) is 19.1 Å². The molecule has 172 valence electrons. The lowest BCUT2D eigenvalue weighted by molar-refractivity contribution is -0.117. The maximum absolute atomic E-state index is 13.6. The van der Waals surface area contributed by atoms with Crippen LogP contribution < -0.4 is 9.64 Å². The molecular formula is C26H22N2O6. The highest BCUT2D eigenvalue weighted by atomic mass is 16.5. The van der Waals surface area contributed by atoms with Crippen molar-refractivity contribution in [2.24, 2.45) is 0 Å². The van der Waals surface area contributed by atoms with Gasteiger partial charge in [-0.2, -0.15) is 0 Å². The minimum Gasteiger partial charge on any atom is -0.503 e. The average molecular weight is 458 g/mol. The summed E-state index contributed by atoms with van der Waals surface area (Å²) in [6.45, 7) is 4.21. The quantitative estimate of drug-likeness (QED) is 0.375. The number of benzene rings is 2. The summed E-state index contributed by atoms with van der Waals surface area (Å²) in [5.41, 5.74) is 1.01. The van der Waals surface area contributed by atoms with E-state index in [1.54, 1.807) is 55.5 Å². The number of rotatable bonds is 7. The number of aromatic nitrogens is 1. The van der Waals surface area contributed by atoms with Gasteiger partial charge in [0.25, 0.3) is 5.91 Å². The number of para-hydroxylation sites is 1. The number of hydrogen-bond acceptors (Lipinski definition) is 7. The number of aryl methyl sites for hydroxylation is 1. The molecule has 5 rings (SSSR count). The van der Waals surface area contributed by atoms with Crippen LogP contribution >= 0.6 is 0 Å². The summed E-state index contributed by atoms with van der Waals surface area (Å²) in [5, 5.41) is 15.6. The lowest BCUT2D eigenvalue weighted by Crippen LogP contribution is -2.31. The standard InChI is InChI=1S/C26H22N2O6/c1-3-11-32-18-9-6-8-17(13-18)23-22(24(29)20-14-16-7-4-5-10-19(16)33-20)25(30)26(31)28(23)21-12-15(2)34-27-21/h4-10,12-14,23,30H,3,11H2,1-2H3/t23-/m0/s1. The molecule has 1 aliphatic rings. The summed E-state index contributed by atoms with van der Waals surface area (Å²) in [6, 6.07) is 16.5. The molecule has 8 nitrogen and oxygen atoms in total. The molecule has 34 heavy (non-hydrogen) atoms. The minimum absolute atomic E-state index is 0.0251. The van der Waals surface area contributed by atoms with Crippen molar-refractivity contribution in [2.75, 3.05) is 11.5 Å². The first-order valence-electron chi connectivity index (χ1n) is 10.9. The van der Waals surface area contributed by atoms with Crippen LogP contribution in [0.2, 0.25) is 0 Å². The largest absolute Gasteiger partial charge is 0.503 e. The summed E-state index contributed by atoms with van der Waals surface area (Å²) < 4.78 is 16.7. The Kier molecular flexibility index (Phi) is 5.41. The van der Waals surface area contributed by atoms with Crippen molar-refractivity contribution in [3.05, 3.63) is 89.1 Å². The minimum atomic E-state index is -0.956. The highest BCUT2D eigenvalue weighted by Crippen LogP contribution is 2.42. The number of ketones is 1. The molecule has 0 spiro atoms. The first-order valence-corrected chi connectivity index (χ1v) is 10.9. The zero-order valence-corrected chi connectivity index (χ0v) is 18.6. The molecule has 0 bridgehead atoms. The number of nitrogens with zero attached hydrogens (tertiary/aromatic N) is 2. The lowest BCUT2D eigenvalue weighted by Gasteiger charge is -2.24. The molecule has 1 amide bonds. The summed E-state index contributed by atoms with van der Waals surface area (Å²) in [6.07, 6.45) is 0.826. The lowest BCUT2D eigenvalue weighted by atomic mass is 9.95. The number of Topliss-reactive ketones (excluding diaryl/α,β-unsaturated/α-hetero) is 1. The van der Waals surface area contributed by atoms with Gasteiger partial charge in [0.1, 0.15) is 17.1 Å². The molecule has 4 aromatic rings. The smallest absolute Gasteiger partial charge is 0.295 e.